The number of nitrogens with zero attached hydrogens (tertiary/aromatic N) is 1. The Labute approximate surface area is 78.0 Å². The zero-order chi connectivity index (χ0) is 8.10. The summed E-state index contributed by atoms with van der Waals surface area (Å²) < 4.78 is 6.10. The molecule has 4 heteroatoms. The molecule has 0 bridgehead atoms. The zero-order valence-electron chi connectivity index (χ0n) is 5.92. The van der Waals surface area contributed by atoms with Crippen LogP contribution >= 0.6 is 27.3 Å². The molecule has 0 fully saturated rings. The van der Waals surface area contributed by atoms with E-state index in [4.69, 9.17) is 4.74 Å². The van der Waals surface area contributed by atoms with Gasteiger partial charge in [-0.3, -0.25) is 0 Å². The fraction of sp³-hybridized carbons (Fsp3) is 0.286. The molecule has 0 atom stereocenters. The molecule has 2 nitrogen and oxygen atoms in total. The Hall–Kier alpha value is -0.350. The van der Waals surface area contributed by atoms with Gasteiger partial charge in [-0.2, -0.15) is 4.98 Å². The maximum absolute atomic E-state index is 5.27. The minimum absolute atomic E-state index is 0.656. The van der Waals surface area contributed by atoms with Crippen molar-refractivity contribution < 1.29 is 4.74 Å². The normalized spacial score (nSPS) is 9.55. The number of thiazole rings is 1. The summed E-state index contributed by atoms with van der Waals surface area (Å²) in [6.07, 6.45) is 2.68. The third-order valence-electron chi connectivity index (χ3n) is 1.00. The first-order chi connectivity index (χ1) is 5.33. The van der Waals surface area contributed by atoms with E-state index in [1.54, 1.807) is 0 Å². The SMILES string of the molecule is C=CCCOc1nc(Br)cs1. The Morgan fingerprint density at radius 1 is 1.82 bits per heavy atom. The monoisotopic (exact) mass is 233 g/mol. The highest BCUT2D eigenvalue weighted by molar-refractivity contribution is 9.10. The molecule has 0 spiro atoms. The lowest BCUT2D eigenvalue weighted by Crippen LogP contribution is -1.94. The van der Waals surface area contributed by atoms with Gasteiger partial charge in [0.05, 0.1) is 6.61 Å². The van der Waals surface area contributed by atoms with Crippen molar-refractivity contribution in [3.63, 3.8) is 0 Å². The molecule has 11 heavy (non-hydrogen) atoms. The molecular formula is C7H8BrNOS. The first-order valence-electron chi connectivity index (χ1n) is 3.17. The molecule has 1 rings (SSSR count). The van der Waals surface area contributed by atoms with Gasteiger partial charge in [-0.05, 0) is 22.4 Å². The predicted molar refractivity (Wildman–Crippen MR) is 50.1 cm³/mol. The van der Waals surface area contributed by atoms with Crippen LogP contribution in [-0.4, -0.2) is 11.6 Å². The van der Waals surface area contributed by atoms with Crippen LogP contribution in [0.1, 0.15) is 6.42 Å². The van der Waals surface area contributed by atoms with Crippen LogP contribution in [0, 0.1) is 0 Å². The van der Waals surface area contributed by atoms with E-state index in [1.165, 1.54) is 11.3 Å². The van der Waals surface area contributed by atoms with E-state index in [9.17, 15) is 0 Å². The molecule has 1 aromatic rings. The average molecular weight is 234 g/mol. The lowest BCUT2D eigenvalue weighted by atomic mass is 10.5. The van der Waals surface area contributed by atoms with E-state index >= 15 is 0 Å². The third-order valence-corrected chi connectivity index (χ3v) is 2.46. The quantitative estimate of drug-likeness (QED) is 0.590. The second-order valence-corrected chi connectivity index (χ2v) is 3.50. The minimum atomic E-state index is 0.656. The molecule has 0 unspecified atom stereocenters. The van der Waals surface area contributed by atoms with Crippen LogP contribution in [-0.2, 0) is 0 Å². The second kappa shape index (κ2) is 4.51. The molecule has 0 N–H and O–H groups in total. The smallest absolute Gasteiger partial charge is 0.274 e. The van der Waals surface area contributed by atoms with Gasteiger partial charge in [0.25, 0.3) is 5.19 Å². The Bertz CT molecular complexity index is 236. The molecule has 0 radical (unpaired) electrons. The van der Waals surface area contributed by atoms with Crippen molar-refractivity contribution in [2.24, 2.45) is 0 Å². The summed E-state index contributed by atoms with van der Waals surface area (Å²) in [5.74, 6) is 0. The fourth-order valence-corrected chi connectivity index (χ4v) is 1.65. The van der Waals surface area contributed by atoms with Crippen molar-refractivity contribution >= 4 is 27.3 Å². The van der Waals surface area contributed by atoms with Crippen LogP contribution in [0.4, 0.5) is 0 Å². The van der Waals surface area contributed by atoms with Gasteiger partial charge < -0.3 is 4.74 Å². The molecule has 60 valence electrons. The van der Waals surface area contributed by atoms with Crippen molar-refractivity contribution in [3.8, 4) is 5.19 Å². The molecule has 0 aliphatic rings. The molecule has 1 heterocycles. The standard InChI is InChI=1S/C7H8BrNOS/c1-2-3-4-10-7-9-6(8)5-11-7/h2,5H,1,3-4H2. The van der Waals surface area contributed by atoms with Gasteiger partial charge in [0.2, 0.25) is 0 Å². The predicted octanol–water partition coefficient (Wildman–Crippen LogP) is 2.86. The van der Waals surface area contributed by atoms with Crippen LogP contribution in [0.2, 0.25) is 0 Å². The fourth-order valence-electron chi connectivity index (χ4n) is 0.535. The van der Waals surface area contributed by atoms with E-state index < -0.39 is 0 Å². The summed E-state index contributed by atoms with van der Waals surface area (Å²) in [4.78, 5) is 4.06. The summed E-state index contributed by atoms with van der Waals surface area (Å²) in [6.45, 7) is 4.25. The number of aromatic nitrogens is 1. The van der Waals surface area contributed by atoms with Crippen molar-refractivity contribution in [2.75, 3.05) is 6.61 Å². The Morgan fingerprint density at radius 3 is 3.18 bits per heavy atom. The Balaban J connectivity index is 2.32. The van der Waals surface area contributed by atoms with E-state index in [-0.39, 0.29) is 0 Å². The summed E-state index contributed by atoms with van der Waals surface area (Å²) >= 11 is 4.73. The number of hydrogen-bond acceptors (Lipinski definition) is 3. The third kappa shape index (κ3) is 3.03. The van der Waals surface area contributed by atoms with Crippen LogP contribution in [0.25, 0.3) is 0 Å². The Morgan fingerprint density at radius 2 is 2.64 bits per heavy atom. The highest BCUT2D eigenvalue weighted by Crippen LogP contribution is 2.21. The minimum Gasteiger partial charge on any atom is -0.470 e. The van der Waals surface area contributed by atoms with Crippen LogP contribution in [0.5, 0.6) is 5.19 Å². The zero-order valence-corrected chi connectivity index (χ0v) is 8.32. The van der Waals surface area contributed by atoms with Gasteiger partial charge in [0.1, 0.15) is 4.60 Å². The summed E-state index contributed by atoms with van der Waals surface area (Å²) in [5.41, 5.74) is 0. The Kier molecular flexibility index (Phi) is 3.59. The van der Waals surface area contributed by atoms with Gasteiger partial charge >= 0.3 is 0 Å². The van der Waals surface area contributed by atoms with Crippen molar-refractivity contribution in [1.29, 1.82) is 0 Å². The summed E-state index contributed by atoms with van der Waals surface area (Å²) in [7, 11) is 0. The van der Waals surface area contributed by atoms with Gasteiger partial charge in [0, 0.05) is 5.38 Å². The van der Waals surface area contributed by atoms with Gasteiger partial charge in [-0.15, -0.1) is 6.58 Å². The summed E-state index contributed by atoms with van der Waals surface area (Å²) in [5, 5.41) is 2.60. The topological polar surface area (TPSA) is 22.1 Å². The largest absolute Gasteiger partial charge is 0.470 e. The van der Waals surface area contributed by atoms with E-state index in [1.807, 2.05) is 11.5 Å². The molecule has 1 aromatic heterocycles. The van der Waals surface area contributed by atoms with Crippen LogP contribution < -0.4 is 4.74 Å². The lowest BCUT2D eigenvalue weighted by molar-refractivity contribution is 0.323. The molecule has 0 aliphatic carbocycles. The molecular weight excluding hydrogens is 226 g/mol. The first kappa shape index (κ1) is 8.74. The first-order valence-corrected chi connectivity index (χ1v) is 4.85. The average Bonchev–Trinajstić information content (AvgIpc) is 2.37. The number of rotatable bonds is 4. The highest BCUT2D eigenvalue weighted by Gasteiger charge is 1.97. The van der Waals surface area contributed by atoms with E-state index in [2.05, 4.69) is 27.5 Å². The van der Waals surface area contributed by atoms with E-state index in [0.717, 1.165) is 11.0 Å². The van der Waals surface area contributed by atoms with Crippen LogP contribution in [0.3, 0.4) is 0 Å². The van der Waals surface area contributed by atoms with Gasteiger partial charge in [-0.25, -0.2) is 0 Å². The number of ether oxygens (including phenoxy) is 1. The molecule has 0 aromatic carbocycles. The summed E-state index contributed by atoms with van der Waals surface area (Å²) in [6, 6.07) is 0. The molecule has 0 saturated carbocycles. The van der Waals surface area contributed by atoms with Crippen LogP contribution in [0.15, 0.2) is 22.6 Å². The van der Waals surface area contributed by atoms with Gasteiger partial charge in [-0.1, -0.05) is 17.4 Å². The van der Waals surface area contributed by atoms with Crippen molar-refractivity contribution in [1.82, 2.24) is 4.98 Å². The highest BCUT2D eigenvalue weighted by atomic mass is 79.9. The number of halogens is 1. The number of hydrogen-bond donors (Lipinski definition) is 0. The molecule has 0 amide bonds. The second-order valence-electron chi connectivity index (χ2n) is 1.86. The maximum atomic E-state index is 5.27. The maximum Gasteiger partial charge on any atom is 0.274 e. The van der Waals surface area contributed by atoms with Crippen molar-refractivity contribution in [2.45, 2.75) is 6.42 Å². The molecule has 0 aliphatic heterocycles. The van der Waals surface area contributed by atoms with Crippen molar-refractivity contribution in [3.05, 3.63) is 22.6 Å². The molecule has 0 saturated heterocycles. The van der Waals surface area contributed by atoms with Gasteiger partial charge in [0.15, 0.2) is 0 Å². The van der Waals surface area contributed by atoms with E-state index in [0.29, 0.717) is 11.8 Å². The lowest BCUT2D eigenvalue weighted by Gasteiger charge is -1.96.